The number of benzene rings is 1. The van der Waals surface area contributed by atoms with Gasteiger partial charge in [0.2, 0.25) is 0 Å². The van der Waals surface area contributed by atoms with Crippen molar-refractivity contribution in [3.05, 3.63) is 35.9 Å². The van der Waals surface area contributed by atoms with Crippen LogP contribution in [0, 0.1) is 5.92 Å². The molecular weight excluding hydrogens is 236 g/mol. The van der Waals surface area contributed by atoms with Gasteiger partial charge >= 0.3 is 0 Å². The van der Waals surface area contributed by atoms with Crippen molar-refractivity contribution >= 4 is 16.7 Å². The highest BCUT2D eigenvalue weighted by Crippen LogP contribution is 2.20. The number of ether oxygens (including phenoxy) is 1. The summed E-state index contributed by atoms with van der Waals surface area (Å²) in [6, 6.07) is 10.1. The number of nitrogen functional groups attached to an aromatic ring is 1. The van der Waals surface area contributed by atoms with Gasteiger partial charge in [0.25, 0.3) is 0 Å². The maximum atomic E-state index is 5.98. The molecule has 1 atom stereocenters. The van der Waals surface area contributed by atoms with E-state index in [1.54, 1.807) is 0 Å². The van der Waals surface area contributed by atoms with Gasteiger partial charge in [0.1, 0.15) is 5.82 Å². The first-order chi connectivity index (χ1) is 9.06. The highest BCUT2D eigenvalue weighted by Gasteiger charge is 2.08. The van der Waals surface area contributed by atoms with Crippen molar-refractivity contribution in [1.29, 1.82) is 0 Å². The number of anilines is 1. The van der Waals surface area contributed by atoms with E-state index in [-0.39, 0.29) is 6.10 Å². The molecule has 0 spiro atoms. The predicted octanol–water partition coefficient (Wildman–Crippen LogP) is 3.77. The second kappa shape index (κ2) is 6.02. The number of rotatable bonds is 5. The van der Waals surface area contributed by atoms with E-state index < -0.39 is 0 Å². The van der Waals surface area contributed by atoms with Gasteiger partial charge in [-0.3, -0.25) is 0 Å². The number of aromatic nitrogens is 1. The highest BCUT2D eigenvalue weighted by molar-refractivity contribution is 5.81. The molecule has 3 nitrogen and oxygen atoms in total. The van der Waals surface area contributed by atoms with Crippen LogP contribution in [-0.2, 0) is 11.3 Å². The Morgan fingerprint density at radius 2 is 1.95 bits per heavy atom. The van der Waals surface area contributed by atoms with E-state index in [0.29, 0.717) is 18.3 Å². The van der Waals surface area contributed by atoms with Gasteiger partial charge in [0.05, 0.1) is 18.2 Å². The number of para-hydroxylation sites is 1. The molecule has 3 heteroatoms. The van der Waals surface area contributed by atoms with Crippen molar-refractivity contribution in [2.24, 2.45) is 5.92 Å². The van der Waals surface area contributed by atoms with Crippen molar-refractivity contribution < 1.29 is 4.74 Å². The maximum Gasteiger partial charge on any atom is 0.129 e. The molecule has 0 aliphatic carbocycles. The Morgan fingerprint density at radius 1 is 1.21 bits per heavy atom. The van der Waals surface area contributed by atoms with Crippen molar-refractivity contribution in [2.45, 2.75) is 39.9 Å². The highest BCUT2D eigenvalue weighted by atomic mass is 16.5. The third-order valence-electron chi connectivity index (χ3n) is 3.16. The molecule has 0 radical (unpaired) electrons. The minimum Gasteiger partial charge on any atom is -0.383 e. The lowest BCUT2D eigenvalue weighted by atomic mass is 10.1. The van der Waals surface area contributed by atoms with E-state index in [4.69, 9.17) is 10.5 Å². The number of hydrogen-bond acceptors (Lipinski definition) is 3. The van der Waals surface area contributed by atoms with E-state index in [2.05, 4.69) is 31.8 Å². The Bertz CT molecular complexity index is 551. The van der Waals surface area contributed by atoms with E-state index >= 15 is 0 Å². The van der Waals surface area contributed by atoms with Gasteiger partial charge in [-0.05, 0) is 31.4 Å². The fraction of sp³-hybridized carbons (Fsp3) is 0.438. The van der Waals surface area contributed by atoms with E-state index in [0.717, 1.165) is 22.9 Å². The minimum absolute atomic E-state index is 0.242. The molecule has 0 amide bonds. The summed E-state index contributed by atoms with van der Waals surface area (Å²) < 4.78 is 5.85. The summed E-state index contributed by atoms with van der Waals surface area (Å²) in [7, 11) is 0. The van der Waals surface area contributed by atoms with Crippen LogP contribution in [0.3, 0.4) is 0 Å². The molecule has 1 aromatic carbocycles. The SMILES string of the molecule is CC(C)CC(C)OCc1cc2ccccc2nc1N. The molecule has 102 valence electrons. The molecule has 0 aliphatic heterocycles. The molecule has 1 heterocycles. The summed E-state index contributed by atoms with van der Waals surface area (Å²) >= 11 is 0. The van der Waals surface area contributed by atoms with E-state index in [1.165, 1.54) is 0 Å². The molecular formula is C16H22N2O. The van der Waals surface area contributed by atoms with Crippen LogP contribution in [0.1, 0.15) is 32.8 Å². The number of fused-ring (bicyclic) bond motifs is 1. The second-order valence-corrected chi connectivity index (χ2v) is 5.48. The zero-order chi connectivity index (χ0) is 13.8. The fourth-order valence-corrected chi connectivity index (χ4v) is 2.25. The summed E-state index contributed by atoms with van der Waals surface area (Å²) in [6.45, 7) is 7.03. The minimum atomic E-state index is 0.242. The largest absolute Gasteiger partial charge is 0.383 e. The normalized spacial score (nSPS) is 13.1. The van der Waals surface area contributed by atoms with Crippen LogP contribution in [-0.4, -0.2) is 11.1 Å². The third kappa shape index (κ3) is 3.67. The molecule has 19 heavy (non-hydrogen) atoms. The summed E-state index contributed by atoms with van der Waals surface area (Å²) in [5, 5.41) is 1.10. The Labute approximate surface area is 114 Å². The predicted molar refractivity (Wildman–Crippen MR) is 79.9 cm³/mol. The van der Waals surface area contributed by atoms with Crippen LogP contribution in [0.2, 0.25) is 0 Å². The van der Waals surface area contributed by atoms with Crippen LogP contribution in [0.4, 0.5) is 5.82 Å². The maximum absolute atomic E-state index is 5.98. The molecule has 0 bridgehead atoms. The van der Waals surface area contributed by atoms with Gasteiger partial charge < -0.3 is 10.5 Å². The number of hydrogen-bond donors (Lipinski definition) is 1. The molecule has 0 aliphatic rings. The first kappa shape index (κ1) is 13.8. The van der Waals surface area contributed by atoms with Gasteiger partial charge in [-0.25, -0.2) is 4.98 Å². The Kier molecular flexibility index (Phi) is 4.38. The van der Waals surface area contributed by atoms with Crippen LogP contribution in [0.5, 0.6) is 0 Å². The van der Waals surface area contributed by atoms with Crippen molar-refractivity contribution in [3.8, 4) is 0 Å². The smallest absolute Gasteiger partial charge is 0.129 e. The summed E-state index contributed by atoms with van der Waals surface area (Å²) in [6.07, 6.45) is 1.30. The van der Waals surface area contributed by atoms with Crippen LogP contribution in [0.15, 0.2) is 30.3 Å². The molecule has 1 unspecified atom stereocenters. The molecule has 2 rings (SSSR count). The summed E-state index contributed by atoms with van der Waals surface area (Å²) in [5.41, 5.74) is 7.88. The number of pyridine rings is 1. The quantitative estimate of drug-likeness (QED) is 0.888. The lowest BCUT2D eigenvalue weighted by Crippen LogP contribution is -2.12. The second-order valence-electron chi connectivity index (χ2n) is 5.48. The molecule has 0 saturated carbocycles. The Morgan fingerprint density at radius 3 is 2.68 bits per heavy atom. The molecule has 2 N–H and O–H groups in total. The van der Waals surface area contributed by atoms with E-state index in [1.807, 2.05) is 24.3 Å². The van der Waals surface area contributed by atoms with Gasteiger partial charge in [-0.2, -0.15) is 0 Å². The van der Waals surface area contributed by atoms with Crippen LogP contribution < -0.4 is 5.73 Å². The third-order valence-corrected chi connectivity index (χ3v) is 3.16. The lowest BCUT2D eigenvalue weighted by Gasteiger charge is -2.16. The molecule has 1 aromatic heterocycles. The fourth-order valence-electron chi connectivity index (χ4n) is 2.25. The van der Waals surface area contributed by atoms with Crippen LogP contribution >= 0.6 is 0 Å². The monoisotopic (exact) mass is 258 g/mol. The first-order valence-electron chi connectivity index (χ1n) is 6.82. The average molecular weight is 258 g/mol. The number of nitrogens with two attached hydrogens (primary N) is 1. The average Bonchev–Trinajstić information content (AvgIpc) is 2.35. The summed E-state index contributed by atoms with van der Waals surface area (Å²) in [4.78, 5) is 4.41. The first-order valence-corrected chi connectivity index (χ1v) is 6.82. The van der Waals surface area contributed by atoms with Crippen molar-refractivity contribution in [3.63, 3.8) is 0 Å². The van der Waals surface area contributed by atoms with Gasteiger partial charge in [0.15, 0.2) is 0 Å². The molecule has 2 aromatic rings. The van der Waals surface area contributed by atoms with Crippen molar-refractivity contribution in [1.82, 2.24) is 4.98 Å². The standard InChI is InChI=1S/C16H22N2O/c1-11(2)8-12(3)19-10-14-9-13-6-4-5-7-15(13)18-16(14)17/h4-7,9,11-12H,8,10H2,1-3H3,(H2,17,18). The topological polar surface area (TPSA) is 48.1 Å². The Balaban J connectivity index is 2.10. The summed E-state index contributed by atoms with van der Waals surface area (Å²) in [5.74, 6) is 1.21. The molecule has 0 fully saturated rings. The zero-order valence-corrected chi connectivity index (χ0v) is 11.9. The van der Waals surface area contributed by atoms with Crippen LogP contribution in [0.25, 0.3) is 10.9 Å². The van der Waals surface area contributed by atoms with Gasteiger partial charge in [0, 0.05) is 10.9 Å². The van der Waals surface area contributed by atoms with Crippen molar-refractivity contribution in [2.75, 3.05) is 5.73 Å². The Hall–Kier alpha value is -1.61. The number of nitrogens with zero attached hydrogens (tertiary/aromatic N) is 1. The lowest BCUT2D eigenvalue weighted by molar-refractivity contribution is 0.0400. The van der Waals surface area contributed by atoms with E-state index in [9.17, 15) is 0 Å². The van der Waals surface area contributed by atoms with Gasteiger partial charge in [-0.1, -0.05) is 32.0 Å². The molecule has 0 saturated heterocycles. The zero-order valence-electron chi connectivity index (χ0n) is 11.9. The van der Waals surface area contributed by atoms with Gasteiger partial charge in [-0.15, -0.1) is 0 Å².